The number of anilines is 1. The van der Waals surface area contributed by atoms with Crippen LogP contribution < -0.4 is 5.32 Å². The maximum absolute atomic E-state index is 11.9. The van der Waals surface area contributed by atoms with Gasteiger partial charge in [-0.05, 0) is 44.0 Å². The highest BCUT2D eigenvalue weighted by Gasteiger charge is 2.23. The van der Waals surface area contributed by atoms with Crippen molar-refractivity contribution in [1.82, 2.24) is 4.98 Å². The molecule has 4 heteroatoms. The van der Waals surface area contributed by atoms with Crippen LogP contribution in [0.25, 0.3) is 10.9 Å². The van der Waals surface area contributed by atoms with E-state index in [-0.39, 0.29) is 12.0 Å². The Morgan fingerprint density at radius 2 is 2.33 bits per heavy atom. The number of benzene rings is 1. The predicted molar refractivity (Wildman–Crippen MR) is 70.6 cm³/mol. The van der Waals surface area contributed by atoms with Gasteiger partial charge in [0.15, 0.2) is 0 Å². The molecular weight excluding hydrogens is 228 g/mol. The number of hydrogen-bond donors (Lipinski definition) is 2. The number of rotatable bonds is 2. The standard InChI is InChI=1S/C14H16N2O2/c1-9-7-10-8-11(4-5-12(10)15-9)16-14(17)13-3-2-6-18-13/h4-5,7-8,13,15H,2-3,6H2,1H3,(H,16,17). The Kier molecular flexibility index (Phi) is 2.80. The van der Waals surface area contributed by atoms with Gasteiger partial charge in [-0.2, -0.15) is 0 Å². The summed E-state index contributed by atoms with van der Waals surface area (Å²) in [5.74, 6) is -0.0425. The number of aryl methyl sites for hydroxylation is 1. The number of aromatic amines is 1. The van der Waals surface area contributed by atoms with Crippen molar-refractivity contribution in [3.63, 3.8) is 0 Å². The van der Waals surface area contributed by atoms with E-state index in [0.717, 1.165) is 35.1 Å². The first kappa shape index (κ1) is 11.3. The monoisotopic (exact) mass is 244 g/mol. The lowest BCUT2D eigenvalue weighted by Gasteiger charge is -2.10. The molecule has 1 amide bonds. The summed E-state index contributed by atoms with van der Waals surface area (Å²) in [5, 5.41) is 4.02. The van der Waals surface area contributed by atoms with Crippen LogP contribution in [-0.4, -0.2) is 23.6 Å². The van der Waals surface area contributed by atoms with E-state index in [0.29, 0.717) is 6.61 Å². The van der Waals surface area contributed by atoms with Gasteiger partial charge in [0, 0.05) is 28.9 Å². The highest BCUT2D eigenvalue weighted by atomic mass is 16.5. The summed E-state index contributed by atoms with van der Waals surface area (Å²) >= 11 is 0. The Labute approximate surface area is 105 Å². The lowest BCUT2D eigenvalue weighted by Crippen LogP contribution is -2.26. The van der Waals surface area contributed by atoms with Crippen molar-refractivity contribution in [3.05, 3.63) is 30.0 Å². The summed E-state index contributed by atoms with van der Waals surface area (Å²) < 4.78 is 5.36. The van der Waals surface area contributed by atoms with Crippen LogP contribution in [-0.2, 0) is 9.53 Å². The second kappa shape index (κ2) is 4.46. The average Bonchev–Trinajstić information content (AvgIpc) is 2.95. The molecule has 1 aliphatic rings. The molecule has 94 valence electrons. The third-order valence-electron chi connectivity index (χ3n) is 3.25. The van der Waals surface area contributed by atoms with Gasteiger partial charge in [0.05, 0.1) is 0 Å². The molecule has 1 fully saturated rings. The van der Waals surface area contributed by atoms with Gasteiger partial charge >= 0.3 is 0 Å². The first-order chi connectivity index (χ1) is 8.72. The van der Waals surface area contributed by atoms with Gasteiger partial charge < -0.3 is 15.0 Å². The lowest BCUT2D eigenvalue weighted by atomic mass is 10.2. The Balaban J connectivity index is 1.79. The van der Waals surface area contributed by atoms with Crippen molar-refractivity contribution in [2.24, 2.45) is 0 Å². The molecule has 2 aromatic rings. The maximum atomic E-state index is 11.9. The van der Waals surface area contributed by atoms with Crippen molar-refractivity contribution in [3.8, 4) is 0 Å². The predicted octanol–water partition coefficient (Wildman–Crippen LogP) is 2.59. The summed E-state index contributed by atoms with van der Waals surface area (Å²) in [4.78, 5) is 15.2. The van der Waals surface area contributed by atoms with Gasteiger partial charge in [-0.15, -0.1) is 0 Å². The zero-order valence-corrected chi connectivity index (χ0v) is 10.3. The molecule has 1 aromatic heterocycles. The fourth-order valence-corrected chi connectivity index (χ4v) is 2.36. The molecule has 1 saturated heterocycles. The molecule has 2 heterocycles. The minimum atomic E-state index is -0.284. The number of carbonyl (C=O) groups excluding carboxylic acids is 1. The number of H-pyrrole nitrogens is 1. The molecule has 0 aliphatic carbocycles. The van der Waals surface area contributed by atoms with Crippen LogP contribution in [0.15, 0.2) is 24.3 Å². The molecule has 1 aromatic carbocycles. The van der Waals surface area contributed by atoms with E-state index in [2.05, 4.69) is 16.4 Å². The average molecular weight is 244 g/mol. The molecule has 0 saturated carbocycles. The second-order valence-electron chi connectivity index (χ2n) is 4.75. The fourth-order valence-electron chi connectivity index (χ4n) is 2.36. The highest BCUT2D eigenvalue weighted by molar-refractivity contribution is 5.96. The zero-order valence-electron chi connectivity index (χ0n) is 10.3. The van der Waals surface area contributed by atoms with Crippen LogP contribution in [0.3, 0.4) is 0 Å². The normalized spacial score (nSPS) is 19.3. The van der Waals surface area contributed by atoms with Crippen LogP contribution in [0.1, 0.15) is 18.5 Å². The molecular formula is C14H16N2O2. The van der Waals surface area contributed by atoms with E-state index in [1.165, 1.54) is 0 Å². The van der Waals surface area contributed by atoms with Crippen molar-refractivity contribution < 1.29 is 9.53 Å². The minimum absolute atomic E-state index is 0.0425. The van der Waals surface area contributed by atoms with Crippen molar-refractivity contribution in [2.45, 2.75) is 25.9 Å². The van der Waals surface area contributed by atoms with Gasteiger partial charge in [0.1, 0.15) is 6.10 Å². The first-order valence-corrected chi connectivity index (χ1v) is 6.24. The molecule has 1 atom stereocenters. The number of ether oxygens (including phenoxy) is 1. The molecule has 4 nitrogen and oxygen atoms in total. The van der Waals surface area contributed by atoms with E-state index in [1.807, 2.05) is 25.1 Å². The summed E-state index contributed by atoms with van der Waals surface area (Å²) in [6.07, 6.45) is 1.50. The number of nitrogens with one attached hydrogen (secondary N) is 2. The molecule has 3 rings (SSSR count). The van der Waals surface area contributed by atoms with Crippen LogP contribution in [0.2, 0.25) is 0 Å². The maximum Gasteiger partial charge on any atom is 0.253 e. The first-order valence-electron chi connectivity index (χ1n) is 6.24. The number of aromatic nitrogens is 1. The topological polar surface area (TPSA) is 54.1 Å². The van der Waals surface area contributed by atoms with Crippen molar-refractivity contribution in [2.75, 3.05) is 11.9 Å². The molecule has 0 spiro atoms. The third kappa shape index (κ3) is 2.11. The third-order valence-corrected chi connectivity index (χ3v) is 3.25. The van der Waals surface area contributed by atoms with Crippen molar-refractivity contribution in [1.29, 1.82) is 0 Å². The molecule has 0 bridgehead atoms. The fraction of sp³-hybridized carbons (Fsp3) is 0.357. The summed E-state index contributed by atoms with van der Waals surface area (Å²) in [5.41, 5.74) is 3.03. The molecule has 18 heavy (non-hydrogen) atoms. The Hall–Kier alpha value is -1.81. The number of hydrogen-bond acceptors (Lipinski definition) is 2. The second-order valence-corrected chi connectivity index (χ2v) is 4.75. The molecule has 1 unspecified atom stereocenters. The van der Waals surface area contributed by atoms with Gasteiger partial charge in [0.2, 0.25) is 0 Å². The molecule has 2 N–H and O–H groups in total. The Morgan fingerprint density at radius 3 is 3.11 bits per heavy atom. The van der Waals surface area contributed by atoms with E-state index >= 15 is 0 Å². The summed E-state index contributed by atoms with van der Waals surface area (Å²) in [6.45, 7) is 2.71. The van der Waals surface area contributed by atoms with Crippen LogP contribution in [0.5, 0.6) is 0 Å². The van der Waals surface area contributed by atoms with Gasteiger partial charge in [-0.25, -0.2) is 0 Å². The smallest absolute Gasteiger partial charge is 0.253 e. The Morgan fingerprint density at radius 1 is 1.44 bits per heavy atom. The van der Waals surface area contributed by atoms with E-state index in [9.17, 15) is 4.79 Å². The van der Waals surface area contributed by atoms with Gasteiger partial charge in [-0.1, -0.05) is 0 Å². The van der Waals surface area contributed by atoms with Gasteiger partial charge in [0.25, 0.3) is 5.91 Å². The SMILES string of the molecule is Cc1cc2cc(NC(=O)C3CCCO3)ccc2[nH]1. The van der Waals surface area contributed by atoms with E-state index in [4.69, 9.17) is 4.74 Å². The number of amides is 1. The van der Waals surface area contributed by atoms with Crippen molar-refractivity contribution >= 4 is 22.5 Å². The zero-order chi connectivity index (χ0) is 12.5. The molecule has 1 aliphatic heterocycles. The quantitative estimate of drug-likeness (QED) is 0.853. The van der Waals surface area contributed by atoms with Crippen LogP contribution in [0.4, 0.5) is 5.69 Å². The van der Waals surface area contributed by atoms with Crippen LogP contribution >= 0.6 is 0 Å². The number of fused-ring (bicyclic) bond motifs is 1. The highest BCUT2D eigenvalue weighted by Crippen LogP contribution is 2.21. The van der Waals surface area contributed by atoms with E-state index in [1.54, 1.807) is 0 Å². The summed E-state index contributed by atoms with van der Waals surface area (Å²) in [6, 6.07) is 7.93. The largest absolute Gasteiger partial charge is 0.368 e. The molecule has 0 radical (unpaired) electrons. The minimum Gasteiger partial charge on any atom is -0.368 e. The number of carbonyl (C=O) groups is 1. The Bertz CT molecular complexity index is 582. The van der Waals surface area contributed by atoms with Crippen LogP contribution in [0, 0.1) is 6.92 Å². The van der Waals surface area contributed by atoms with Gasteiger partial charge in [-0.3, -0.25) is 4.79 Å². The van der Waals surface area contributed by atoms with E-state index < -0.39 is 0 Å². The summed E-state index contributed by atoms with van der Waals surface area (Å²) in [7, 11) is 0. The lowest BCUT2D eigenvalue weighted by molar-refractivity contribution is -0.124.